The fourth-order valence-electron chi connectivity index (χ4n) is 6.29. The molecule has 2 aliphatic rings. The number of aromatic nitrogens is 3. The van der Waals surface area contributed by atoms with Crippen molar-refractivity contribution in [1.29, 1.82) is 0 Å². The molecule has 14 heteroatoms. The zero-order valence-corrected chi connectivity index (χ0v) is 28.8. The van der Waals surface area contributed by atoms with Crippen LogP contribution in [0, 0.1) is 0 Å². The van der Waals surface area contributed by atoms with E-state index >= 15 is 0 Å². The molecule has 3 aromatic heterocycles. The fourth-order valence-corrected chi connectivity index (χ4v) is 7.28. The van der Waals surface area contributed by atoms with Crippen molar-refractivity contribution in [2.75, 3.05) is 13.1 Å². The number of carbonyl (C=O) groups is 3. The number of esters is 1. The average molecular weight is 698 g/mol. The van der Waals surface area contributed by atoms with Crippen molar-refractivity contribution in [3.8, 4) is 10.6 Å². The van der Waals surface area contributed by atoms with Crippen molar-refractivity contribution in [3.05, 3.63) is 57.8 Å². The van der Waals surface area contributed by atoms with Crippen LogP contribution >= 0.6 is 22.9 Å². The molecule has 1 N–H and O–H groups in total. The van der Waals surface area contributed by atoms with Crippen LogP contribution < -0.4 is 5.32 Å². The van der Waals surface area contributed by atoms with Crippen molar-refractivity contribution >= 4 is 52.0 Å². The van der Waals surface area contributed by atoms with Crippen LogP contribution in [0.3, 0.4) is 0 Å². The molecule has 1 amide bonds. The van der Waals surface area contributed by atoms with Gasteiger partial charge in [0, 0.05) is 38.2 Å². The summed E-state index contributed by atoms with van der Waals surface area (Å²) in [6, 6.07) is 10.9. The van der Waals surface area contributed by atoms with Crippen LogP contribution in [0.2, 0.25) is 4.34 Å². The van der Waals surface area contributed by atoms with Crippen LogP contribution in [-0.2, 0) is 20.8 Å². The highest BCUT2D eigenvalue weighted by atomic mass is 35.5. The molecular formula is C34H40ClN5O7S. The monoisotopic (exact) mass is 697 g/mol. The Bertz CT molecular complexity index is 1750. The lowest BCUT2D eigenvalue weighted by Gasteiger charge is -2.34. The first-order valence-corrected chi connectivity index (χ1v) is 17.7. The summed E-state index contributed by atoms with van der Waals surface area (Å²) in [6.45, 7) is 7.71. The molecule has 256 valence electrons. The zero-order valence-electron chi connectivity index (χ0n) is 27.3. The van der Waals surface area contributed by atoms with Crippen molar-refractivity contribution in [3.63, 3.8) is 0 Å². The molecule has 0 spiro atoms. The number of likely N-dealkylation sites (tertiary alicyclic amines) is 1. The van der Waals surface area contributed by atoms with Gasteiger partial charge in [0.05, 0.1) is 26.8 Å². The Labute approximate surface area is 287 Å². The molecule has 1 aromatic carbocycles. The van der Waals surface area contributed by atoms with E-state index in [1.165, 1.54) is 18.3 Å². The molecule has 1 saturated heterocycles. The Kier molecular flexibility index (Phi) is 10.7. The van der Waals surface area contributed by atoms with E-state index in [9.17, 15) is 14.4 Å². The summed E-state index contributed by atoms with van der Waals surface area (Å²) in [7, 11) is 0. The number of rotatable bonds is 10. The highest BCUT2D eigenvalue weighted by Gasteiger charge is 2.28. The third-order valence-corrected chi connectivity index (χ3v) is 10.1. The Morgan fingerprint density at radius 2 is 1.81 bits per heavy atom. The van der Waals surface area contributed by atoms with Crippen LogP contribution in [0.4, 0.5) is 4.79 Å². The summed E-state index contributed by atoms with van der Waals surface area (Å²) in [5, 5.41) is 7.40. The summed E-state index contributed by atoms with van der Waals surface area (Å²) in [5.41, 5.74) is 1.47. The number of carbonyl (C=O) groups excluding carboxylic acids is 3. The largest absolute Gasteiger partial charge is 0.511 e. The van der Waals surface area contributed by atoms with Gasteiger partial charge in [-0.3, -0.25) is 4.79 Å². The maximum atomic E-state index is 13.8. The molecule has 1 aliphatic carbocycles. The third-order valence-electron chi connectivity index (χ3n) is 8.84. The number of fused-ring (bicyclic) bond motifs is 1. The van der Waals surface area contributed by atoms with E-state index in [0.29, 0.717) is 27.3 Å². The molecule has 48 heavy (non-hydrogen) atoms. The van der Waals surface area contributed by atoms with E-state index in [2.05, 4.69) is 34.2 Å². The number of nitrogens with one attached hydrogen (secondary N) is 1. The maximum Gasteiger partial charge on any atom is 0.511 e. The van der Waals surface area contributed by atoms with Crippen LogP contribution in [0.25, 0.3) is 21.7 Å². The smallest absolute Gasteiger partial charge is 0.431 e. The molecule has 1 saturated carbocycles. The number of nitrogens with zero attached hydrogens (tertiary/aromatic N) is 4. The summed E-state index contributed by atoms with van der Waals surface area (Å²) >= 11 is 7.49. The van der Waals surface area contributed by atoms with Crippen LogP contribution in [-0.4, -0.2) is 75.2 Å². The lowest BCUT2D eigenvalue weighted by molar-refractivity contribution is -0.0914. The molecule has 0 radical (unpaired) electrons. The number of amides is 1. The number of hydrogen-bond donors (Lipinski definition) is 1. The van der Waals surface area contributed by atoms with E-state index in [0.717, 1.165) is 62.9 Å². The highest BCUT2D eigenvalue weighted by molar-refractivity contribution is 7.19. The van der Waals surface area contributed by atoms with Gasteiger partial charge in [0.15, 0.2) is 11.6 Å². The molecule has 2 fully saturated rings. The lowest BCUT2D eigenvalue weighted by atomic mass is 9.98. The molecule has 4 heterocycles. The van der Waals surface area contributed by atoms with Crippen molar-refractivity contribution in [2.24, 2.45) is 0 Å². The van der Waals surface area contributed by atoms with Gasteiger partial charge in [-0.15, -0.1) is 11.3 Å². The first-order valence-electron chi connectivity index (χ1n) is 16.5. The van der Waals surface area contributed by atoms with Crippen LogP contribution in [0.15, 0.2) is 40.9 Å². The maximum absolute atomic E-state index is 13.8. The molecule has 1 aliphatic heterocycles. The highest BCUT2D eigenvalue weighted by Crippen LogP contribution is 2.32. The molecular weight excluding hydrogens is 658 g/mol. The minimum absolute atomic E-state index is 0.0150. The Morgan fingerprint density at radius 1 is 1.04 bits per heavy atom. The molecule has 6 rings (SSSR count). The Morgan fingerprint density at radius 3 is 2.52 bits per heavy atom. The van der Waals surface area contributed by atoms with Gasteiger partial charge in [0.1, 0.15) is 17.3 Å². The number of imidazole rings is 1. The summed E-state index contributed by atoms with van der Waals surface area (Å²) < 4.78 is 24.1. The van der Waals surface area contributed by atoms with Crippen LogP contribution in [0.1, 0.15) is 92.4 Å². The predicted molar refractivity (Wildman–Crippen MR) is 180 cm³/mol. The number of ether oxygens (including phenoxy) is 3. The summed E-state index contributed by atoms with van der Waals surface area (Å²) in [6.07, 6.45) is 4.06. The normalized spacial score (nSPS) is 17.0. The third kappa shape index (κ3) is 8.01. The molecule has 0 bridgehead atoms. The quantitative estimate of drug-likeness (QED) is 0.136. The minimum atomic E-state index is -1.20. The zero-order chi connectivity index (χ0) is 33.8. The molecule has 12 nitrogen and oxygen atoms in total. The Balaban J connectivity index is 1.23. The van der Waals surface area contributed by atoms with Gasteiger partial charge in [0.25, 0.3) is 5.91 Å². The number of benzene rings is 1. The van der Waals surface area contributed by atoms with Crippen LogP contribution in [0.5, 0.6) is 0 Å². The van der Waals surface area contributed by atoms with Crippen molar-refractivity contribution in [1.82, 2.24) is 24.9 Å². The standard InChI is InChI=1S/C34H40ClN5O7S/c1-20(2)39-16-14-22(15-17-39)36-32(41)31-37-30-25(33(42)44-21(3)45-34(43)46-24-8-5-4-6-9-24)10-7-11-26(30)40(31)19-23-18-27(47-38-23)28-12-13-29(35)48-28/h7,10-13,18,20-22,24H,4-6,8-9,14-17,19H2,1-3H3,(H,36,41). The van der Waals surface area contributed by atoms with E-state index in [1.807, 2.05) is 6.07 Å². The van der Waals surface area contributed by atoms with E-state index in [1.54, 1.807) is 34.9 Å². The summed E-state index contributed by atoms with van der Waals surface area (Å²) in [4.78, 5) is 47.5. The molecule has 1 atom stereocenters. The first-order chi connectivity index (χ1) is 23.1. The SMILES string of the molecule is CC(OC(=O)OC1CCCCC1)OC(=O)c1cccc2c1nc(C(=O)NC1CCN(C(C)C)CC1)n2Cc1cc(-c2ccc(Cl)s2)on1. The van der Waals surface area contributed by atoms with Gasteiger partial charge in [-0.2, -0.15) is 0 Å². The van der Waals surface area contributed by atoms with Gasteiger partial charge >= 0.3 is 12.1 Å². The second kappa shape index (κ2) is 15.1. The topological polar surface area (TPSA) is 138 Å². The first kappa shape index (κ1) is 33.9. The van der Waals surface area contributed by atoms with Gasteiger partial charge in [-0.25, -0.2) is 14.6 Å². The van der Waals surface area contributed by atoms with E-state index in [-0.39, 0.29) is 41.5 Å². The van der Waals surface area contributed by atoms with Crippen molar-refractivity contribution in [2.45, 2.75) is 96.7 Å². The number of halogens is 1. The molecule has 1 unspecified atom stereocenters. The molecule has 4 aromatic rings. The van der Waals surface area contributed by atoms with Gasteiger partial charge < -0.3 is 33.5 Å². The fraction of sp³-hybridized carbons (Fsp3) is 0.500. The van der Waals surface area contributed by atoms with E-state index < -0.39 is 18.4 Å². The number of piperidine rings is 1. The Hall–Kier alpha value is -3.94. The average Bonchev–Trinajstić information content (AvgIpc) is 3.80. The van der Waals surface area contributed by atoms with Gasteiger partial charge in [-0.05, 0) is 76.6 Å². The number of hydrogen-bond acceptors (Lipinski definition) is 11. The van der Waals surface area contributed by atoms with Gasteiger partial charge in [-0.1, -0.05) is 29.2 Å². The minimum Gasteiger partial charge on any atom is -0.431 e. The number of para-hydroxylation sites is 1. The predicted octanol–water partition coefficient (Wildman–Crippen LogP) is 7.05. The van der Waals surface area contributed by atoms with Gasteiger partial charge in [0.2, 0.25) is 6.29 Å². The summed E-state index contributed by atoms with van der Waals surface area (Å²) in [5.74, 6) is -0.436. The number of thiophene rings is 1. The second-order valence-electron chi connectivity index (χ2n) is 12.6. The van der Waals surface area contributed by atoms with E-state index in [4.69, 9.17) is 30.3 Å². The lowest BCUT2D eigenvalue weighted by Crippen LogP contribution is -2.47. The second-order valence-corrected chi connectivity index (χ2v) is 14.3. The van der Waals surface area contributed by atoms with Crippen molar-refractivity contribution < 1.29 is 33.1 Å².